The number of ether oxygens (including phenoxy) is 1. The van der Waals surface area contributed by atoms with Crippen LogP contribution in [0, 0.1) is 5.41 Å². The van der Waals surface area contributed by atoms with E-state index in [-0.39, 0.29) is 18.9 Å². The smallest absolute Gasteiger partial charge is 0.231 e. The zero-order valence-corrected chi connectivity index (χ0v) is 12.1. The number of carbonyl (C=O) groups is 2. The molecule has 0 aromatic heterocycles. The number of benzene rings is 1. The van der Waals surface area contributed by atoms with Crippen LogP contribution in [-0.4, -0.2) is 31.5 Å². The van der Waals surface area contributed by atoms with Crippen LogP contribution in [0.4, 0.5) is 5.69 Å². The molecule has 1 atom stereocenters. The average molecular weight is 291 g/mol. The van der Waals surface area contributed by atoms with Crippen molar-refractivity contribution in [3.8, 4) is 5.75 Å². The molecule has 1 unspecified atom stereocenters. The van der Waals surface area contributed by atoms with E-state index < -0.39 is 11.3 Å². The standard InChI is InChI=1S/C15H21N3O3/c1-15(7-8-17-10-15)14(20)18-11-4-2-3-5-12(11)21-9-6-13(16)19/h2-5,17H,6-10H2,1H3,(H2,16,19)(H,18,20). The van der Waals surface area contributed by atoms with Gasteiger partial charge in [-0.15, -0.1) is 0 Å². The number of hydrogen-bond acceptors (Lipinski definition) is 4. The van der Waals surface area contributed by atoms with Crippen LogP contribution in [0.2, 0.25) is 0 Å². The molecule has 0 spiro atoms. The molecule has 0 saturated carbocycles. The third-order valence-corrected chi connectivity index (χ3v) is 3.66. The third kappa shape index (κ3) is 3.95. The Labute approximate surface area is 124 Å². The second kappa shape index (κ2) is 6.58. The van der Waals surface area contributed by atoms with E-state index in [1.807, 2.05) is 19.1 Å². The van der Waals surface area contributed by atoms with Crippen molar-refractivity contribution >= 4 is 17.5 Å². The molecular weight excluding hydrogens is 270 g/mol. The predicted molar refractivity (Wildman–Crippen MR) is 80.0 cm³/mol. The minimum atomic E-state index is -0.416. The number of nitrogens with one attached hydrogen (secondary N) is 2. The maximum absolute atomic E-state index is 12.4. The van der Waals surface area contributed by atoms with Crippen LogP contribution >= 0.6 is 0 Å². The van der Waals surface area contributed by atoms with E-state index in [0.717, 1.165) is 13.0 Å². The molecule has 0 aliphatic carbocycles. The Morgan fingerprint density at radius 1 is 1.43 bits per heavy atom. The zero-order chi connectivity index (χ0) is 15.3. The molecule has 1 aromatic carbocycles. The van der Waals surface area contributed by atoms with Crippen molar-refractivity contribution in [3.05, 3.63) is 24.3 Å². The van der Waals surface area contributed by atoms with Gasteiger partial charge < -0.3 is 21.1 Å². The summed E-state index contributed by atoms with van der Waals surface area (Å²) in [7, 11) is 0. The molecule has 6 nitrogen and oxygen atoms in total. The Kier molecular flexibility index (Phi) is 4.80. The monoisotopic (exact) mass is 291 g/mol. The topological polar surface area (TPSA) is 93.4 Å². The van der Waals surface area contributed by atoms with E-state index in [1.165, 1.54) is 0 Å². The summed E-state index contributed by atoms with van der Waals surface area (Å²) < 4.78 is 5.51. The van der Waals surface area contributed by atoms with E-state index in [9.17, 15) is 9.59 Å². The summed E-state index contributed by atoms with van der Waals surface area (Å²) in [5.74, 6) is 0.0983. The summed E-state index contributed by atoms with van der Waals surface area (Å²) in [5.41, 5.74) is 5.29. The predicted octanol–water partition coefficient (Wildman–Crippen LogP) is 0.879. The number of amides is 2. The van der Waals surface area contributed by atoms with Gasteiger partial charge in [-0.25, -0.2) is 0 Å². The van der Waals surface area contributed by atoms with Gasteiger partial charge in [-0.05, 0) is 32.0 Å². The maximum atomic E-state index is 12.4. The first kappa shape index (κ1) is 15.3. The van der Waals surface area contributed by atoms with Crippen molar-refractivity contribution in [1.29, 1.82) is 0 Å². The summed E-state index contributed by atoms with van der Waals surface area (Å²) in [6.07, 6.45) is 0.952. The van der Waals surface area contributed by atoms with Crippen molar-refractivity contribution in [3.63, 3.8) is 0 Å². The first-order valence-corrected chi connectivity index (χ1v) is 7.03. The highest BCUT2D eigenvalue weighted by Gasteiger charge is 2.36. The highest BCUT2D eigenvalue weighted by atomic mass is 16.5. The molecule has 4 N–H and O–H groups in total. The highest BCUT2D eigenvalue weighted by molar-refractivity contribution is 5.96. The van der Waals surface area contributed by atoms with E-state index in [0.29, 0.717) is 18.0 Å². The number of nitrogens with two attached hydrogens (primary N) is 1. The Hall–Kier alpha value is -2.08. The summed E-state index contributed by atoms with van der Waals surface area (Å²) in [6, 6.07) is 7.18. The van der Waals surface area contributed by atoms with Crippen LogP contribution < -0.4 is 21.1 Å². The molecule has 1 fully saturated rings. The van der Waals surface area contributed by atoms with Gasteiger partial charge in [-0.3, -0.25) is 9.59 Å². The zero-order valence-electron chi connectivity index (χ0n) is 12.1. The minimum absolute atomic E-state index is 0.0292. The lowest BCUT2D eigenvalue weighted by atomic mass is 9.88. The summed E-state index contributed by atoms with van der Waals surface area (Å²) in [4.78, 5) is 23.1. The Balaban J connectivity index is 2.02. The number of hydrogen-bond donors (Lipinski definition) is 3. The van der Waals surface area contributed by atoms with Crippen molar-refractivity contribution in [2.75, 3.05) is 25.0 Å². The van der Waals surface area contributed by atoms with Crippen molar-refractivity contribution in [2.45, 2.75) is 19.8 Å². The summed E-state index contributed by atoms with van der Waals surface area (Å²) in [5, 5.41) is 6.11. The van der Waals surface area contributed by atoms with Gasteiger partial charge in [-0.1, -0.05) is 12.1 Å². The second-order valence-corrected chi connectivity index (χ2v) is 5.50. The maximum Gasteiger partial charge on any atom is 0.231 e. The van der Waals surface area contributed by atoms with Crippen LogP contribution in [0.1, 0.15) is 19.8 Å². The highest BCUT2D eigenvalue weighted by Crippen LogP contribution is 2.29. The quantitative estimate of drug-likeness (QED) is 0.725. The molecule has 1 aliphatic heterocycles. The molecule has 2 amide bonds. The van der Waals surface area contributed by atoms with E-state index in [4.69, 9.17) is 10.5 Å². The Morgan fingerprint density at radius 2 is 2.19 bits per heavy atom. The average Bonchev–Trinajstić information content (AvgIpc) is 2.88. The van der Waals surface area contributed by atoms with Gasteiger partial charge in [0.15, 0.2) is 0 Å². The van der Waals surface area contributed by atoms with Crippen LogP contribution in [0.3, 0.4) is 0 Å². The van der Waals surface area contributed by atoms with Crippen LogP contribution in [-0.2, 0) is 9.59 Å². The largest absolute Gasteiger partial charge is 0.491 e. The number of carbonyl (C=O) groups excluding carboxylic acids is 2. The SMILES string of the molecule is CC1(C(=O)Nc2ccccc2OCCC(N)=O)CCNC1. The molecule has 1 aromatic rings. The van der Waals surface area contributed by atoms with Crippen LogP contribution in [0.25, 0.3) is 0 Å². The number of rotatable bonds is 6. The molecular formula is C15H21N3O3. The van der Waals surface area contributed by atoms with Gasteiger partial charge >= 0.3 is 0 Å². The molecule has 6 heteroatoms. The summed E-state index contributed by atoms with van der Waals surface area (Å²) in [6.45, 7) is 3.66. The number of para-hydroxylation sites is 2. The van der Waals surface area contributed by atoms with Gasteiger partial charge in [0.2, 0.25) is 11.8 Å². The van der Waals surface area contributed by atoms with Gasteiger partial charge in [-0.2, -0.15) is 0 Å². The van der Waals surface area contributed by atoms with Gasteiger partial charge in [0.05, 0.1) is 24.1 Å². The van der Waals surface area contributed by atoms with Crippen molar-refractivity contribution in [1.82, 2.24) is 5.32 Å². The number of anilines is 1. The fourth-order valence-corrected chi connectivity index (χ4v) is 2.24. The lowest BCUT2D eigenvalue weighted by molar-refractivity contribution is -0.124. The number of primary amides is 1. The summed E-state index contributed by atoms with van der Waals surface area (Å²) >= 11 is 0. The molecule has 1 aliphatic rings. The van der Waals surface area contributed by atoms with Crippen LogP contribution in [0.5, 0.6) is 5.75 Å². The Morgan fingerprint density at radius 3 is 2.86 bits per heavy atom. The molecule has 0 radical (unpaired) electrons. The first-order chi connectivity index (χ1) is 10.0. The molecule has 2 rings (SSSR count). The van der Waals surface area contributed by atoms with Gasteiger partial charge in [0.1, 0.15) is 5.75 Å². The third-order valence-electron chi connectivity index (χ3n) is 3.66. The van der Waals surface area contributed by atoms with E-state index in [2.05, 4.69) is 10.6 Å². The molecule has 114 valence electrons. The molecule has 1 heterocycles. The van der Waals surface area contributed by atoms with Gasteiger partial charge in [0, 0.05) is 6.54 Å². The van der Waals surface area contributed by atoms with E-state index >= 15 is 0 Å². The van der Waals surface area contributed by atoms with Crippen molar-refractivity contribution < 1.29 is 14.3 Å². The molecule has 1 saturated heterocycles. The van der Waals surface area contributed by atoms with Crippen molar-refractivity contribution in [2.24, 2.45) is 11.1 Å². The first-order valence-electron chi connectivity index (χ1n) is 7.03. The Bertz CT molecular complexity index is 525. The van der Waals surface area contributed by atoms with Gasteiger partial charge in [0.25, 0.3) is 0 Å². The lowest BCUT2D eigenvalue weighted by Gasteiger charge is -2.22. The van der Waals surface area contributed by atoms with Crippen LogP contribution in [0.15, 0.2) is 24.3 Å². The molecule has 0 bridgehead atoms. The molecule has 21 heavy (non-hydrogen) atoms. The normalized spacial score (nSPS) is 21.0. The lowest BCUT2D eigenvalue weighted by Crippen LogP contribution is -2.35. The second-order valence-electron chi connectivity index (χ2n) is 5.50. The fourth-order valence-electron chi connectivity index (χ4n) is 2.24. The van der Waals surface area contributed by atoms with E-state index in [1.54, 1.807) is 12.1 Å². The fraction of sp³-hybridized carbons (Fsp3) is 0.467. The minimum Gasteiger partial charge on any atom is -0.491 e.